The molecular formula is C24H26N2O3S2. The Kier molecular flexibility index (Phi) is 6.83. The number of aromatic nitrogens is 1. The highest BCUT2D eigenvalue weighted by Crippen LogP contribution is 2.39. The Labute approximate surface area is 191 Å². The molecule has 3 aromatic rings. The number of benzene rings is 2. The van der Waals surface area contributed by atoms with Crippen LogP contribution in [0.25, 0.3) is 0 Å². The molecule has 162 valence electrons. The van der Waals surface area contributed by atoms with E-state index in [0.29, 0.717) is 0 Å². The molecule has 0 unspecified atom stereocenters. The van der Waals surface area contributed by atoms with Gasteiger partial charge in [-0.3, -0.25) is 4.79 Å². The highest BCUT2D eigenvalue weighted by atomic mass is 32.2. The largest absolute Gasteiger partial charge is 0.497 e. The number of rotatable bonds is 7. The Morgan fingerprint density at radius 3 is 2.68 bits per heavy atom. The van der Waals surface area contributed by atoms with E-state index in [-0.39, 0.29) is 11.9 Å². The number of aryl methyl sites for hydroxylation is 1. The molecule has 2 heterocycles. The number of ether oxygens (including phenoxy) is 2. The molecule has 1 saturated heterocycles. The summed E-state index contributed by atoms with van der Waals surface area (Å²) in [6, 6.07) is 13.8. The Bertz CT molecular complexity index is 1050. The summed E-state index contributed by atoms with van der Waals surface area (Å²) >= 11 is 3.40. The third-order valence-corrected chi connectivity index (χ3v) is 7.68. The van der Waals surface area contributed by atoms with Crippen LogP contribution >= 0.6 is 23.1 Å². The number of carbonyl (C=O) groups is 1. The molecule has 31 heavy (non-hydrogen) atoms. The van der Waals surface area contributed by atoms with Crippen molar-refractivity contribution in [2.75, 3.05) is 20.8 Å². The molecule has 1 fully saturated rings. The number of thiazole rings is 1. The van der Waals surface area contributed by atoms with Crippen LogP contribution in [-0.4, -0.2) is 36.6 Å². The standard InChI is InChI=1S/C24H26N2O3S2/c1-16-14-30-24(25-16)31-15-17-6-8-18(9-7-17)23(27)26-12-4-5-21(26)20-11-10-19(28-2)13-22(20)29-3/h6-11,13-14,21H,4-5,12,15H2,1-3H3/t21-/m1/s1. The number of hydrogen-bond acceptors (Lipinski definition) is 6. The average molecular weight is 455 g/mol. The summed E-state index contributed by atoms with van der Waals surface area (Å²) in [4.78, 5) is 19.7. The van der Waals surface area contributed by atoms with E-state index in [1.165, 1.54) is 5.56 Å². The van der Waals surface area contributed by atoms with Crippen LogP contribution in [0.1, 0.15) is 46.1 Å². The number of nitrogens with zero attached hydrogens (tertiary/aromatic N) is 2. The van der Waals surface area contributed by atoms with Gasteiger partial charge in [0.05, 0.1) is 20.3 Å². The zero-order valence-electron chi connectivity index (χ0n) is 18.0. The first kappa shape index (κ1) is 21.7. The van der Waals surface area contributed by atoms with Gasteiger partial charge in [0.15, 0.2) is 0 Å². The van der Waals surface area contributed by atoms with Gasteiger partial charge in [0.25, 0.3) is 5.91 Å². The maximum absolute atomic E-state index is 13.3. The van der Waals surface area contributed by atoms with E-state index in [1.54, 1.807) is 37.3 Å². The second kappa shape index (κ2) is 9.75. The summed E-state index contributed by atoms with van der Waals surface area (Å²) in [5.41, 5.74) is 3.99. The van der Waals surface area contributed by atoms with Gasteiger partial charge in [-0.1, -0.05) is 23.9 Å². The number of likely N-dealkylation sites (tertiary alicyclic amines) is 1. The summed E-state index contributed by atoms with van der Waals surface area (Å²) < 4.78 is 12.0. The Morgan fingerprint density at radius 2 is 2.00 bits per heavy atom. The first-order valence-corrected chi connectivity index (χ1v) is 12.1. The molecule has 5 nitrogen and oxygen atoms in total. The quantitative estimate of drug-likeness (QED) is 0.426. The van der Waals surface area contributed by atoms with E-state index in [1.807, 2.05) is 54.3 Å². The molecule has 1 aliphatic rings. The van der Waals surface area contributed by atoms with E-state index in [4.69, 9.17) is 9.47 Å². The summed E-state index contributed by atoms with van der Waals surface area (Å²) in [5.74, 6) is 2.42. The summed E-state index contributed by atoms with van der Waals surface area (Å²) in [6.07, 6.45) is 1.91. The SMILES string of the molecule is COc1ccc([C@H]2CCCN2C(=O)c2ccc(CSc3nc(C)cs3)cc2)c(OC)c1. The number of carbonyl (C=O) groups excluding carboxylic acids is 1. The topological polar surface area (TPSA) is 51.7 Å². The lowest BCUT2D eigenvalue weighted by molar-refractivity contribution is 0.0734. The van der Waals surface area contributed by atoms with Crippen LogP contribution in [0.2, 0.25) is 0 Å². The molecular weight excluding hydrogens is 428 g/mol. The van der Waals surface area contributed by atoms with Crippen LogP contribution in [0.3, 0.4) is 0 Å². The number of thioether (sulfide) groups is 1. The van der Waals surface area contributed by atoms with Gasteiger partial charge in [-0.15, -0.1) is 11.3 Å². The average Bonchev–Trinajstić information content (AvgIpc) is 3.46. The van der Waals surface area contributed by atoms with Gasteiger partial charge in [-0.25, -0.2) is 4.98 Å². The van der Waals surface area contributed by atoms with Crippen molar-refractivity contribution in [2.45, 2.75) is 35.9 Å². The Morgan fingerprint density at radius 1 is 1.19 bits per heavy atom. The first-order valence-electron chi connectivity index (χ1n) is 10.3. The summed E-state index contributed by atoms with van der Waals surface area (Å²) in [5, 5.41) is 2.06. The van der Waals surface area contributed by atoms with E-state index in [2.05, 4.69) is 10.4 Å². The van der Waals surface area contributed by atoms with E-state index in [0.717, 1.165) is 57.8 Å². The predicted octanol–water partition coefficient (Wildman–Crippen LogP) is 5.74. The van der Waals surface area contributed by atoms with Crippen LogP contribution in [0.4, 0.5) is 0 Å². The maximum Gasteiger partial charge on any atom is 0.254 e. The molecule has 1 amide bonds. The Hall–Kier alpha value is -2.51. The number of amides is 1. The van der Waals surface area contributed by atoms with Crippen molar-refractivity contribution in [1.29, 1.82) is 0 Å². The lowest BCUT2D eigenvalue weighted by Crippen LogP contribution is -2.30. The third kappa shape index (κ3) is 4.88. The van der Waals surface area contributed by atoms with E-state index < -0.39 is 0 Å². The van der Waals surface area contributed by atoms with Crippen molar-refractivity contribution in [2.24, 2.45) is 0 Å². The van der Waals surface area contributed by atoms with Crippen LogP contribution in [0.15, 0.2) is 52.2 Å². The molecule has 1 atom stereocenters. The van der Waals surface area contributed by atoms with Gasteiger partial charge in [0.1, 0.15) is 15.8 Å². The predicted molar refractivity (Wildman–Crippen MR) is 125 cm³/mol. The van der Waals surface area contributed by atoms with Crippen LogP contribution in [0, 0.1) is 6.92 Å². The molecule has 1 aliphatic heterocycles. The summed E-state index contributed by atoms with van der Waals surface area (Å²) in [6.45, 7) is 2.76. The first-order chi connectivity index (χ1) is 15.1. The van der Waals surface area contributed by atoms with Gasteiger partial charge in [-0.2, -0.15) is 0 Å². The van der Waals surface area contributed by atoms with Crippen LogP contribution in [0.5, 0.6) is 11.5 Å². The zero-order chi connectivity index (χ0) is 21.8. The number of methoxy groups -OCH3 is 2. The molecule has 0 aliphatic carbocycles. The minimum absolute atomic E-state index is 0.0109. The lowest BCUT2D eigenvalue weighted by Gasteiger charge is -2.26. The fraction of sp³-hybridized carbons (Fsp3) is 0.333. The minimum atomic E-state index is 0.0109. The monoisotopic (exact) mass is 454 g/mol. The number of hydrogen-bond donors (Lipinski definition) is 0. The molecule has 4 rings (SSSR count). The van der Waals surface area contributed by atoms with Crippen LogP contribution in [-0.2, 0) is 5.75 Å². The van der Waals surface area contributed by atoms with Crippen molar-refractivity contribution < 1.29 is 14.3 Å². The summed E-state index contributed by atoms with van der Waals surface area (Å²) in [7, 11) is 3.29. The fourth-order valence-electron chi connectivity index (χ4n) is 3.88. The molecule has 0 radical (unpaired) electrons. The third-order valence-electron chi connectivity index (χ3n) is 5.47. The smallest absolute Gasteiger partial charge is 0.254 e. The molecule has 0 spiro atoms. The van der Waals surface area contributed by atoms with Crippen molar-refractivity contribution in [3.63, 3.8) is 0 Å². The van der Waals surface area contributed by atoms with Gasteiger partial charge < -0.3 is 14.4 Å². The zero-order valence-corrected chi connectivity index (χ0v) is 19.6. The van der Waals surface area contributed by atoms with Gasteiger partial charge in [0.2, 0.25) is 0 Å². The van der Waals surface area contributed by atoms with Gasteiger partial charge in [-0.05, 0) is 49.6 Å². The van der Waals surface area contributed by atoms with Gasteiger partial charge >= 0.3 is 0 Å². The normalized spacial score (nSPS) is 15.8. The molecule has 1 aromatic heterocycles. The molecule has 7 heteroatoms. The second-order valence-electron chi connectivity index (χ2n) is 7.50. The second-order valence-corrected chi connectivity index (χ2v) is 9.59. The van der Waals surface area contributed by atoms with Crippen molar-refractivity contribution in [1.82, 2.24) is 9.88 Å². The maximum atomic E-state index is 13.3. The molecule has 0 saturated carbocycles. The highest BCUT2D eigenvalue weighted by Gasteiger charge is 2.32. The Balaban J connectivity index is 1.47. The molecule has 0 bridgehead atoms. The van der Waals surface area contributed by atoms with Crippen molar-refractivity contribution in [3.05, 3.63) is 70.2 Å². The lowest BCUT2D eigenvalue weighted by atomic mass is 10.0. The van der Waals surface area contributed by atoms with E-state index >= 15 is 0 Å². The fourth-order valence-corrected chi connectivity index (χ4v) is 5.69. The van der Waals surface area contributed by atoms with Crippen molar-refractivity contribution in [3.8, 4) is 11.5 Å². The van der Waals surface area contributed by atoms with E-state index in [9.17, 15) is 4.79 Å². The minimum Gasteiger partial charge on any atom is -0.497 e. The molecule has 0 N–H and O–H groups in total. The van der Waals surface area contributed by atoms with Crippen LogP contribution < -0.4 is 9.47 Å². The highest BCUT2D eigenvalue weighted by molar-refractivity contribution is 8.00. The van der Waals surface area contributed by atoms with Crippen molar-refractivity contribution >= 4 is 29.0 Å². The molecule has 2 aromatic carbocycles. The van der Waals surface area contributed by atoms with Gasteiger partial charge in [0, 0.05) is 40.6 Å².